The van der Waals surface area contributed by atoms with Crippen molar-refractivity contribution in [1.82, 2.24) is 0 Å². The Morgan fingerprint density at radius 1 is 0.306 bits per heavy atom. The van der Waals surface area contributed by atoms with Crippen LogP contribution in [-0.4, -0.2) is 43.3 Å². The topological polar surface area (TPSA) is 74.6 Å². The second kappa shape index (κ2) is 52.1. The molecule has 0 amide bonds. The average molecular weight is 802 g/mol. The SMILES string of the molecule is CCCCCCCCCCCCCCCCCC(=O)O.CCCCCCCCCCCCCCCCCC(=O)O.CCC[CH2][Sn][CH2]CCC. The summed E-state index contributed by atoms with van der Waals surface area (Å²) in [4.78, 5) is 20.7. The molecule has 0 spiro atoms. The van der Waals surface area contributed by atoms with Crippen LogP contribution in [0.4, 0.5) is 0 Å². The number of carbonyl (C=O) groups is 2. The molecule has 0 aromatic rings. The number of aliphatic carboxylic acids is 2. The Morgan fingerprint density at radius 2 is 0.490 bits per heavy atom. The summed E-state index contributed by atoms with van der Waals surface area (Å²) in [6, 6.07) is 0. The number of carboxylic acids is 2. The average Bonchev–Trinajstić information content (AvgIpc) is 3.08. The van der Waals surface area contributed by atoms with Gasteiger partial charge in [-0.15, -0.1) is 0 Å². The molecule has 5 heteroatoms. The van der Waals surface area contributed by atoms with Gasteiger partial charge in [0, 0.05) is 12.8 Å². The van der Waals surface area contributed by atoms with Gasteiger partial charge in [-0.2, -0.15) is 0 Å². The number of hydrogen-bond donors (Lipinski definition) is 2. The van der Waals surface area contributed by atoms with Gasteiger partial charge < -0.3 is 10.2 Å². The first kappa shape index (κ1) is 53.1. The fourth-order valence-electron chi connectivity index (χ4n) is 6.02. The molecule has 4 nitrogen and oxygen atoms in total. The van der Waals surface area contributed by atoms with Crippen molar-refractivity contribution in [2.45, 2.75) is 268 Å². The molecule has 0 heterocycles. The first-order valence-electron chi connectivity index (χ1n) is 22.1. The van der Waals surface area contributed by atoms with Crippen molar-refractivity contribution in [3.8, 4) is 0 Å². The van der Waals surface area contributed by atoms with E-state index in [0.717, 1.165) is 25.7 Å². The van der Waals surface area contributed by atoms with Gasteiger partial charge in [0.15, 0.2) is 0 Å². The molecule has 0 bridgehead atoms. The molecule has 0 aliphatic carbocycles. The fourth-order valence-corrected chi connectivity index (χ4v) is 10.2. The van der Waals surface area contributed by atoms with Gasteiger partial charge in [-0.1, -0.05) is 194 Å². The van der Waals surface area contributed by atoms with Crippen LogP contribution in [0.3, 0.4) is 0 Å². The normalized spacial score (nSPS) is 10.7. The standard InChI is InChI=1S/2C18H36O2.2C4H9.Sn/c2*1-2-3-4-5-6-7-8-9-10-11-12-13-14-15-16-17-18(19)20;2*1-3-4-2;/h2*2-17H2,1H3,(H,19,20);2*1,3-4H2,2H3;. The van der Waals surface area contributed by atoms with Gasteiger partial charge >= 0.3 is 81.5 Å². The molecule has 294 valence electrons. The van der Waals surface area contributed by atoms with Crippen LogP contribution in [0.1, 0.15) is 259 Å². The molecular formula is C44H90O4Sn. The zero-order valence-corrected chi connectivity index (χ0v) is 36.9. The maximum atomic E-state index is 10.3. The molecule has 0 unspecified atom stereocenters. The fraction of sp³-hybridized carbons (Fsp3) is 0.955. The zero-order chi connectivity index (χ0) is 36.7. The third-order valence-electron chi connectivity index (χ3n) is 9.40. The van der Waals surface area contributed by atoms with Crippen LogP contribution in [0.5, 0.6) is 0 Å². The molecular weight excluding hydrogens is 711 g/mol. The summed E-state index contributed by atoms with van der Waals surface area (Å²) >= 11 is 0.149. The zero-order valence-electron chi connectivity index (χ0n) is 34.1. The molecule has 0 saturated carbocycles. The van der Waals surface area contributed by atoms with Crippen LogP contribution in [0.2, 0.25) is 8.87 Å². The second-order valence-corrected chi connectivity index (χ2v) is 18.9. The molecule has 0 atom stereocenters. The summed E-state index contributed by atoms with van der Waals surface area (Å²) in [7, 11) is 0. The van der Waals surface area contributed by atoms with E-state index in [1.54, 1.807) is 8.87 Å². The minimum atomic E-state index is -0.653. The molecule has 0 saturated heterocycles. The summed E-state index contributed by atoms with van der Waals surface area (Å²) in [5, 5.41) is 17.0. The van der Waals surface area contributed by atoms with Crippen LogP contribution >= 0.6 is 0 Å². The van der Waals surface area contributed by atoms with E-state index in [-0.39, 0.29) is 21.1 Å². The van der Waals surface area contributed by atoms with E-state index in [2.05, 4.69) is 27.7 Å². The van der Waals surface area contributed by atoms with Crippen molar-refractivity contribution in [3.05, 3.63) is 0 Å². The molecule has 2 radical (unpaired) electrons. The summed E-state index contributed by atoms with van der Waals surface area (Å²) in [5.41, 5.74) is 0. The van der Waals surface area contributed by atoms with Gasteiger partial charge in [0.2, 0.25) is 0 Å². The van der Waals surface area contributed by atoms with Gasteiger partial charge in [-0.3, -0.25) is 9.59 Å². The van der Waals surface area contributed by atoms with Gasteiger partial charge in [0.1, 0.15) is 0 Å². The molecule has 0 aromatic heterocycles. The molecule has 0 aliphatic rings. The van der Waals surface area contributed by atoms with E-state index in [1.165, 1.54) is 193 Å². The monoisotopic (exact) mass is 803 g/mol. The van der Waals surface area contributed by atoms with Gasteiger partial charge in [0.25, 0.3) is 0 Å². The maximum absolute atomic E-state index is 10.3. The van der Waals surface area contributed by atoms with Crippen molar-refractivity contribution in [2.24, 2.45) is 0 Å². The molecule has 0 aliphatic heterocycles. The van der Waals surface area contributed by atoms with E-state index < -0.39 is 11.9 Å². The van der Waals surface area contributed by atoms with E-state index in [9.17, 15) is 9.59 Å². The number of rotatable bonds is 38. The Balaban J connectivity index is -0.000000695. The van der Waals surface area contributed by atoms with Crippen LogP contribution < -0.4 is 0 Å². The molecule has 0 aromatic carbocycles. The van der Waals surface area contributed by atoms with Crippen LogP contribution in [0.15, 0.2) is 0 Å². The second-order valence-electron chi connectivity index (χ2n) is 14.6. The van der Waals surface area contributed by atoms with Crippen molar-refractivity contribution in [3.63, 3.8) is 0 Å². The van der Waals surface area contributed by atoms with E-state index >= 15 is 0 Å². The summed E-state index contributed by atoms with van der Waals surface area (Å²) in [6.07, 6.45) is 46.2. The molecule has 0 rings (SSSR count). The number of carboxylic acid groups (broad SMARTS) is 2. The first-order valence-corrected chi connectivity index (χ1v) is 26.1. The van der Waals surface area contributed by atoms with E-state index in [4.69, 9.17) is 10.2 Å². The Bertz CT molecular complexity index is 547. The van der Waals surface area contributed by atoms with E-state index in [1.807, 2.05) is 0 Å². The predicted molar refractivity (Wildman–Crippen MR) is 220 cm³/mol. The quantitative estimate of drug-likeness (QED) is 0.0482. The van der Waals surface area contributed by atoms with Crippen LogP contribution in [0.25, 0.3) is 0 Å². The third kappa shape index (κ3) is 63.2. The van der Waals surface area contributed by atoms with Crippen LogP contribution in [-0.2, 0) is 9.59 Å². The van der Waals surface area contributed by atoms with Crippen molar-refractivity contribution < 1.29 is 19.8 Å². The van der Waals surface area contributed by atoms with Gasteiger partial charge in [-0.05, 0) is 12.8 Å². The van der Waals surface area contributed by atoms with E-state index in [0.29, 0.717) is 12.8 Å². The van der Waals surface area contributed by atoms with Gasteiger partial charge in [0.05, 0.1) is 0 Å². The third-order valence-corrected chi connectivity index (χ3v) is 13.4. The first-order chi connectivity index (χ1) is 24.0. The molecule has 0 fully saturated rings. The van der Waals surface area contributed by atoms with Crippen molar-refractivity contribution >= 4 is 33.1 Å². The number of hydrogen-bond acceptors (Lipinski definition) is 2. The Kier molecular flexibility index (Phi) is 56.5. The van der Waals surface area contributed by atoms with Gasteiger partial charge in [-0.25, -0.2) is 0 Å². The summed E-state index contributed by atoms with van der Waals surface area (Å²) < 4.78 is 3.25. The number of unbranched alkanes of at least 4 members (excludes halogenated alkanes) is 30. The van der Waals surface area contributed by atoms with Crippen LogP contribution in [0, 0.1) is 0 Å². The minimum absolute atomic E-state index is 0.149. The van der Waals surface area contributed by atoms with Crippen molar-refractivity contribution in [1.29, 1.82) is 0 Å². The molecule has 2 N–H and O–H groups in total. The molecule has 49 heavy (non-hydrogen) atoms. The van der Waals surface area contributed by atoms with Crippen molar-refractivity contribution in [2.75, 3.05) is 0 Å². The Morgan fingerprint density at radius 3 is 0.673 bits per heavy atom. The summed E-state index contributed by atoms with van der Waals surface area (Å²) in [6.45, 7) is 9.12. The summed E-state index contributed by atoms with van der Waals surface area (Å²) in [5.74, 6) is -1.31. The Labute approximate surface area is 319 Å². The Hall–Kier alpha value is -0.261. The predicted octanol–water partition coefficient (Wildman–Crippen LogP) is 15.8.